The zero-order chi connectivity index (χ0) is 18.5. The molecule has 0 aromatic heterocycles. The van der Waals surface area contributed by atoms with Crippen LogP contribution in [0.1, 0.15) is 16.7 Å². The van der Waals surface area contributed by atoms with Crippen LogP contribution >= 0.6 is 0 Å². The zero-order valence-electron chi connectivity index (χ0n) is 15.6. The molecule has 142 valence electrons. The molecule has 2 aliphatic rings. The van der Waals surface area contributed by atoms with Crippen molar-refractivity contribution in [2.24, 2.45) is 0 Å². The number of carbonyl (C=O) groups excluding carboxylic acids is 1. The first-order valence-electron chi connectivity index (χ1n) is 9.74. The second kappa shape index (κ2) is 8.65. The molecule has 27 heavy (non-hydrogen) atoms. The molecule has 2 aromatic carbocycles. The SMILES string of the molecule is O=C(NCC1CN(Cc2ccccc2)CCO1)C1Cc2ccccc2CN1. The molecule has 0 spiro atoms. The number of morpholine rings is 1. The van der Waals surface area contributed by atoms with E-state index in [-0.39, 0.29) is 18.1 Å². The predicted octanol–water partition coefficient (Wildman–Crippen LogP) is 1.72. The Morgan fingerprint density at radius 1 is 1.11 bits per heavy atom. The van der Waals surface area contributed by atoms with Crippen LogP contribution < -0.4 is 10.6 Å². The number of benzene rings is 2. The van der Waals surface area contributed by atoms with E-state index in [1.54, 1.807) is 0 Å². The van der Waals surface area contributed by atoms with Gasteiger partial charge in [0.15, 0.2) is 0 Å². The minimum absolute atomic E-state index is 0.0438. The Hall–Kier alpha value is -2.21. The summed E-state index contributed by atoms with van der Waals surface area (Å²) in [7, 11) is 0. The van der Waals surface area contributed by atoms with Gasteiger partial charge in [-0.05, 0) is 23.1 Å². The molecule has 4 rings (SSSR count). The molecule has 1 amide bonds. The maximum atomic E-state index is 12.6. The van der Waals surface area contributed by atoms with Crippen LogP contribution in [0.4, 0.5) is 0 Å². The van der Waals surface area contributed by atoms with E-state index >= 15 is 0 Å². The summed E-state index contributed by atoms with van der Waals surface area (Å²) in [6.07, 6.45) is 0.787. The third-order valence-corrected chi connectivity index (χ3v) is 5.37. The highest BCUT2D eigenvalue weighted by molar-refractivity contribution is 5.82. The van der Waals surface area contributed by atoms with Crippen LogP contribution in [-0.4, -0.2) is 49.2 Å². The van der Waals surface area contributed by atoms with Gasteiger partial charge in [0.05, 0.1) is 18.8 Å². The van der Waals surface area contributed by atoms with Crippen molar-refractivity contribution < 1.29 is 9.53 Å². The Bertz CT molecular complexity index is 765. The van der Waals surface area contributed by atoms with Gasteiger partial charge in [-0.25, -0.2) is 0 Å². The van der Waals surface area contributed by atoms with E-state index in [2.05, 4.69) is 51.9 Å². The Balaban J connectivity index is 1.25. The van der Waals surface area contributed by atoms with Crippen molar-refractivity contribution in [3.63, 3.8) is 0 Å². The molecule has 0 saturated carbocycles. The first-order chi connectivity index (χ1) is 13.3. The summed E-state index contributed by atoms with van der Waals surface area (Å²) in [4.78, 5) is 15.0. The fourth-order valence-corrected chi connectivity index (χ4v) is 3.87. The van der Waals surface area contributed by atoms with Crippen LogP contribution in [0, 0.1) is 0 Å². The van der Waals surface area contributed by atoms with Gasteiger partial charge in [-0.2, -0.15) is 0 Å². The monoisotopic (exact) mass is 365 g/mol. The topological polar surface area (TPSA) is 53.6 Å². The van der Waals surface area contributed by atoms with E-state index in [4.69, 9.17) is 4.74 Å². The summed E-state index contributed by atoms with van der Waals surface area (Å²) >= 11 is 0. The Morgan fingerprint density at radius 3 is 2.74 bits per heavy atom. The molecule has 2 aromatic rings. The highest BCUT2D eigenvalue weighted by Crippen LogP contribution is 2.16. The Labute approximate surface area is 160 Å². The Morgan fingerprint density at radius 2 is 1.89 bits per heavy atom. The van der Waals surface area contributed by atoms with Gasteiger partial charge in [0.25, 0.3) is 0 Å². The molecule has 2 aliphatic heterocycles. The zero-order valence-corrected chi connectivity index (χ0v) is 15.6. The predicted molar refractivity (Wildman–Crippen MR) is 105 cm³/mol. The average Bonchev–Trinajstić information content (AvgIpc) is 2.73. The summed E-state index contributed by atoms with van der Waals surface area (Å²) < 4.78 is 5.86. The van der Waals surface area contributed by atoms with Gasteiger partial charge in [0.1, 0.15) is 0 Å². The molecule has 5 nitrogen and oxygen atoms in total. The highest BCUT2D eigenvalue weighted by atomic mass is 16.5. The molecule has 2 N–H and O–H groups in total. The maximum absolute atomic E-state index is 12.6. The number of rotatable bonds is 5. The molecular weight excluding hydrogens is 338 g/mol. The van der Waals surface area contributed by atoms with E-state index < -0.39 is 0 Å². The van der Waals surface area contributed by atoms with E-state index in [1.807, 2.05) is 18.2 Å². The summed E-state index contributed by atoms with van der Waals surface area (Å²) in [6, 6.07) is 18.6. The lowest BCUT2D eigenvalue weighted by molar-refractivity contribution is -0.124. The minimum atomic E-state index is -0.163. The lowest BCUT2D eigenvalue weighted by Crippen LogP contribution is -2.52. The van der Waals surface area contributed by atoms with Crippen molar-refractivity contribution in [2.45, 2.75) is 31.7 Å². The summed E-state index contributed by atoms with van der Waals surface area (Å²) in [5.41, 5.74) is 3.86. The number of nitrogens with zero attached hydrogens (tertiary/aromatic N) is 1. The van der Waals surface area contributed by atoms with Gasteiger partial charge in [0, 0.05) is 32.7 Å². The molecule has 5 heteroatoms. The standard InChI is InChI=1S/C22H27N3O2/c26-22(21-12-18-8-4-5-9-19(18)13-23-21)24-14-20-16-25(10-11-27-20)15-17-6-2-1-3-7-17/h1-9,20-21,23H,10-16H2,(H,24,26). The van der Waals surface area contributed by atoms with Crippen molar-refractivity contribution in [1.29, 1.82) is 0 Å². The largest absolute Gasteiger partial charge is 0.374 e. The number of hydrogen-bond acceptors (Lipinski definition) is 4. The second-order valence-electron chi connectivity index (χ2n) is 7.36. The lowest BCUT2D eigenvalue weighted by atomic mass is 9.95. The number of amides is 1. The molecular formula is C22H27N3O2. The normalized spacial score (nSPS) is 22.8. The molecule has 1 saturated heterocycles. The van der Waals surface area contributed by atoms with Crippen molar-refractivity contribution in [1.82, 2.24) is 15.5 Å². The number of nitrogens with one attached hydrogen (secondary N) is 2. The number of fused-ring (bicyclic) bond motifs is 1. The van der Waals surface area contributed by atoms with Gasteiger partial charge in [-0.3, -0.25) is 9.69 Å². The average molecular weight is 365 g/mol. The van der Waals surface area contributed by atoms with E-state index in [0.29, 0.717) is 13.2 Å². The van der Waals surface area contributed by atoms with Crippen LogP contribution in [0.15, 0.2) is 54.6 Å². The quantitative estimate of drug-likeness (QED) is 0.847. The molecule has 2 atom stereocenters. The van der Waals surface area contributed by atoms with Gasteiger partial charge in [0.2, 0.25) is 5.91 Å². The van der Waals surface area contributed by atoms with E-state index in [9.17, 15) is 4.79 Å². The van der Waals surface area contributed by atoms with Gasteiger partial charge in [-0.1, -0.05) is 54.6 Å². The third-order valence-electron chi connectivity index (χ3n) is 5.37. The number of ether oxygens (including phenoxy) is 1. The van der Waals surface area contributed by atoms with Crippen LogP contribution in [0.2, 0.25) is 0 Å². The van der Waals surface area contributed by atoms with Crippen LogP contribution in [-0.2, 0) is 29.0 Å². The maximum Gasteiger partial charge on any atom is 0.237 e. The van der Waals surface area contributed by atoms with E-state index in [1.165, 1.54) is 16.7 Å². The number of carbonyl (C=O) groups is 1. The summed E-state index contributed by atoms with van der Waals surface area (Å²) in [5, 5.41) is 6.43. The molecule has 2 heterocycles. The molecule has 1 fully saturated rings. The number of hydrogen-bond donors (Lipinski definition) is 2. The van der Waals surface area contributed by atoms with Gasteiger partial charge >= 0.3 is 0 Å². The summed E-state index contributed by atoms with van der Waals surface area (Å²) in [5.74, 6) is 0.0632. The second-order valence-corrected chi connectivity index (χ2v) is 7.36. The lowest BCUT2D eigenvalue weighted by Gasteiger charge is -2.33. The van der Waals surface area contributed by atoms with Gasteiger partial charge < -0.3 is 15.4 Å². The third kappa shape index (κ3) is 4.75. The minimum Gasteiger partial charge on any atom is -0.374 e. The van der Waals surface area contributed by atoms with Crippen molar-refractivity contribution >= 4 is 5.91 Å². The van der Waals surface area contributed by atoms with Gasteiger partial charge in [-0.15, -0.1) is 0 Å². The van der Waals surface area contributed by atoms with Crippen molar-refractivity contribution in [3.8, 4) is 0 Å². The Kier molecular flexibility index (Phi) is 5.82. The fraction of sp³-hybridized carbons (Fsp3) is 0.409. The van der Waals surface area contributed by atoms with E-state index in [0.717, 1.165) is 32.6 Å². The first kappa shape index (κ1) is 18.2. The highest BCUT2D eigenvalue weighted by Gasteiger charge is 2.26. The van der Waals surface area contributed by atoms with Crippen molar-refractivity contribution in [2.75, 3.05) is 26.2 Å². The summed E-state index contributed by atoms with van der Waals surface area (Å²) in [6.45, 7) is 4.72. The van der Waals surface area contributed by atoms with Crippen LogP contribution in [0.3, 0.4) is 0 Å². The molecule has 0 aliphatic carbocycles. The molecule has 0 bridgehead atoms. The molecule has 0 radical (unpaired) electrons. The van der Waals surface area contributed by atoms with Crippen molar-refractivity contribution in [3.05, 3.63) is 71.3 Å². The molecule has 2 unspecified atom stereocenters. The smallest absolute Gasteiger partial charge is 0.237 e. The first-order valence-corrected chi connectivity index (χ1v) is 9.74. The van der Waals surface area contributed by atoms with Crippen LogP contribution in [0.5, 0.6) is 0 Å². The fourth-order valence-electron chi connectivity index (χ4n) is 3.87. The van der Waals surface area contributed by atoms with Crippen LogP contribution in [0.25, 0.3) is 0 Å².